The Bertz CT molecular complexity index is 275. The van der Waals surface area contributed by atoms with Gasteiger partial charge in [-0.1, -0.05) is 0 Å². The molecule has 0 atom stereocenters. The normalized spacial score (nSPS) is 11.1. The lowest BCUT2D eigenvalue weighted by atomic mass is 10.2. The predicted octanol–water partition coefficient (Wildman–Crippen LogP) is 2.52. The van der Waals surface area contributed by atoms with E-state index in [-0.39, 0.29) is 0 Å². The highest BCUT2D eigenvalue weighted by molar-refractivity contribution is 5.79. The van der Waals surface area contributed by atoms with Crippen molar-refractivity contribution in [1.29, 1.82) is 0 Å². The molecule has 2 nitrogen and oxygen atoms in total. The summed E-state index contributed by atoms with van der Waals surface area (Å²) in [5.41, 5.74) is 1.11. The Hall–Kier alpha value is -1.31. The molecule has 0 aromatic heterocycles. The lowest BCUT2D eigenvalue weighted by molar-refractivity contribution is 0.415. The largest absolute Gasteiger partial charge is 0.497 e. The quantitative estimate of drug-likeness (QED) is 0.650. The number of nitrogens with zero attached hydrogens (tertiary/aromatic N) is 1. The minimum atomic E-state index is 0.349. The van der Waals surface area contributed by atoms with Crippen molar-refractivity contribution in [3.8, 4) is 5.75 Å². The van der Waals surface area contributed by atoms with Crippen LogP contribution in [0.5, 0.6) is 5.75 Å². The summed E-state index contributed by atoms with van der Waals surface area (Å²) in [7, 11) is 1.66. The Labute approximate surface area is 79.3 Å². The SMILES string of the molecule is COc1ccc(/C=N/C(C)C)cc1. The van der Waals surface area contributed by atoms with Crippen molar-refractivity contribution >= 4 is 6.21 Å². The summed E-state index contributed by atoms with van der Waals surface area (Å²) >= 11 is 0. The highest BCUT2D eigenvalue weighted by Crippen LogP contribution is 2.09. The molecule has 1 rings (SSSR count). The van der Waals surface area contributed by atoms with Gasteiger partial charge in [0.1, 0.15) is 5.75 Å². The smallest absolute Gasteiger partial charge is 0.118 e. The minimum Gasteiger partial charge on any atom is -0.497 e. The zero-order chi connectivity index (χ0) is 9.68. The molecule has 1 aromatic rings. The molecule has 1 aromatic carbocycles. The molecule has 0 aliphatic carbocycles. The number of aliphatic imine (C=N–C) groups is 1. The van der Waals surface area contributed by atoms with Gasteiger partial charge in [-0.25, -0.2) is 0 Å². The fourth-order valence-corrected chi connectivity index (χ4v) is 0.925. The van der Waals surface area contributed by atoms with E-state index in [1.807, 2.05) is 30.5 Å². The van der Waals surface area contributed by atoms with Crippen LogP contribution in [0.4, 0.5) is 0 Å². The van der Waals surface area contributed by atoms with Gasteiger partial charge < -0.3 is 4.74 Å². The Morgan fingerprint density at radius 3 is 2.31 bits per heavy atom. The summed E-state index contributed by atoms with van der Waals surface area (Å²) in [6.07, 6.45) is 1.88. The summed E-state index contributed by atoms with van der Waals surface area (Å²) in [5.74, 6) is 0.877. The van der Waals surface area contributed by atoms with Crippen molar-refractivity contribution in [2.45, 2.75) is 19.9 Å². The second-order valence-electron chi connectivity index (χ2n) is 3.15. The maximum atomic E-state index is 5.05. The zero-order valence-electron chi connectivity index (χ0n) is 8.32. The van der Waals surface area contributed by atoms with E-state index < -0.39 is 0 Å². The molecule has 0 saturated carbocycles. The molecule has 13 heavy (non-hydrogen) atoms. The fraction of sp³-hybridized carbons (Fsp3) is 0.364. The van der Waals surface area contributed by atoms with E-state index in [1.165, 1.54) is 0 Å². The van der Waals surface area contributed by atoms with Crippen LogP contribution < -0.4 is 4.74 Å². The van der Waals surface area contributed by atoms with Crippen LogP contribution in [-0.4, -0.2) is 19.4 Å². The third kappa shape index (κ3) is 3.28. The molecular weight excluding hydrogens is 162 g/mol. The summed E-state index contributed by atoms with van der Waals surface area (Å²) in [4.78, 5) is 4.28. The predicted molar refractivity (Wildman–Crippen MR) is 55.7 cm³/mol. The Morgan fingerprint density at radius 1 is 1.23 bits per heavy atom. The van der Waals surface area contributed by atoms with Crippen molar-refractivity contribution in [1.82, 2.24) is 0 Å². The van der Waals surface area contributed by atoms with E-state index in [4.69, 9.17) is 4.74 Å². The first-order valence-electron chi connectivity index (χ1n) is 4.39. The second-order valence-corrected chi connectivity index (χ2v) is 3.15. The molecule has 0 heterocycles. The van der Waals surface area contributed by atoms with Crippen LogP contribution in [0.3, 0.4) is 0 Å². The molecule has 0 aliphatic heterocycles. The van der Waals surface area contributed by atoms with E-state index in [0.29, 0.717) is 6.04 Å². The van der Waals surface area contributed by atoms with Crippen molar-refractivity contribution in [3.63, 3.8) is 0 Å². The molecule has 70 valence electrons. The van der Waals surface area contributed by atoms with E-state index in [0.717, 1.165) is 11.3 Å². The van der Waals surface area contributed by atoms with Gasteiger partial charge in [-0.15, -0.1) is 0 Å². The number of rotatable bonds is 3. The molecule has 0 amide bonds. The average Bonchev–Trinajstić information content (AvgIpc) is 2.15. The number of benzene rings is 1. The first kappa shape index (κ1) is 9.78. The Morgan fingerprint density at radius 2 is 1.85 bits per heavy atom. The van der Waals surface area contributed by atoms with Gasteiger partial charge in [0.2, 0.25) is 0 Å². The molecule has 0 radical (unpaired) electrons. The van der Waals surface area contributed by atoms with Crippen LogP contribution in [0, 0.1) is 0 Å². The van der Waals surface area contributed by atoms with Gasteiger partial charge in [-0.2, -0.15) is 0 Å². The van der Waals surface area contributed by atoms with E-state index in [9.17, 15) is 0 Å². The van der Waals surface area contributed by atoms with Gasteiger partial charge in [0, 0.05) is 12.3 Å². The number of methoxy groups -OCH3 is 1. The van der Waals surface area contributed by atoms with Crippen molar-refractivity contribution < 1.29 is 4.74 Å². The highest BCUT2D eigenvalue weighted by Gasteiger charge is 1.90. The molecule has 0 N–H and O–H groups in total. The second kappa shape index (κ2) is 4.65. The van der Waals surface area contributed by atoms with Crippen LogP contribution in [0.2, 0.25) is 0 Å². The fourth-order valence-electron chi connectivity index (χ4n) is 0.925. The van der Waals surface area contributed by atoms with Gasteiger partial charge >= 0.3 is 0 Å². The molecule has 0 saturated heterocycles. The minimum absolute atomic E-state index is 0.349. The summed E-state index contributed by atoms with van der Waals surface area (Å²) in [5, 5.41) is 0. The monoisotopic (exact) mass is 177 g/mol. The van der Waals surface area contributed by atoms with Crippen molar-refractivity contribution in [2.75, 3.05) is 7.11 Å². The highest BCUT2D eigenvalue weighted by atomic mass is 16.5. The van der Waals surface area contributed by atoms with Gasteiger partial charge in [0.05, 0.1) is 7.11 Å². The Balaban J connectivity index is 2.69. The van der Waals surface area contributed by atoms with E-state index >= 15 is 0 Å². The van der Waals surface area contributed by atoms with Crippen LogP contribution >= 0.6 is 0 Å². The van der Waals surface area contributed by atoms with Crippen LogP contribution in [0.15, 0.2) is 29.3 Å². The van der Waals surface area contributed by atoms with Crippen LogP contribution in [0.1, 0.15) is 19.4 Å². The molecule has 0 aliphatic rings. The maximum absolute atomic E-state index is 5.05. The molecule has 0 spiro atoms. The molecule has 0 unspecified atom stereocenters. The lowest BCUT2D eigenvalue weighted by Crippen LogP contribution is -1.90. The van der Waals surface area contributed by atoms with Crippen LogP contribution in [0.25, 0.3) is 0 Å². The van der Waals surface area contributed by atoms with Crippen molar-refractivity contribution in [3.05, 3.63) is 29.8 Å². The molecule has 0 bridgehead atoms. The van der Waals surface area contributed by atoms with Gasteiger partial charge in [0.15, 0.2) is 0 Å². The molecule has 2 heteroatoms. The maximum Gasteiger partial charge on any atom is 0.118 e. The van der Waals surface area contributed by atoms with E-state index in [2.05, 4.69) is 18.8 Å². The molecule has 0 fully saturated rings. The van der Waals surface area contributed by atoms with Gasteiger partial charge in [-0.3, -0.25) is 4.99 Å². The number of hydrogen-bond acceptors (Lipinski definition) is 2. The first-order valence-corrected chi connectivity index (χ1v) is 4.39. The summed E-state index contributed by atoms with van der Waals surface area (Å²) in [6.45, 7) is 4.11. The number of hydrogen-bond donors (Lipinski definition) is 0. The summed E-state index contributed by atoms with van der Waals surface area (Å²) in [6, 6.07) is 8.20. The zero-order valence-corrected chi connectivity index (χ0v) is 8.32. The van der Waals surface area contributed by atoms with Crippen molar-refractivity contribution in [2.24, 2.45) is 4.99 Å². The lowest BCUT2D eigenvalue weighted by Gasteiger charge is -1.99. The topological polar surface area (TPSA) is 21.6 Å². The standard InChI is InChI=1S/C11H15NO/c1-9(2)12-8-10-4-6-11(13-3)7-5-10/h4-9H,1-3H3/b12-8+. The van der Waals surface area contributed by atoms with Crippen LogP contribution in [-0.2, 0) is 0 Å². The van der Waals surface area contributed by atoms with Gasteiger partial charge in [0.25, 0.3) is 0 Å². The third-order valence-electron chi connectivity index (χ3n) is 1.64. The van der Waals surface area contributed by atoms with Gasteiger partial charge in [-0.05, 0) is 43.7 Å². The average molecular weight is 177 g/mol. The Kier molecular flexibility index (Phi) is 3.50. The first-order chi connectivity index (χ1) is 6.22. The molecular formula is C11H15NO. The summed E-state index contributed by atoms with van der Waals surface area (Å²) < 4.78 is 5.05. The van der Waals surface area contributed by atoms with E-state index in [1.54, 1.807) is 7.11 Å². The third-order valence-corrected chi connectivity index (χ3v) is 1.64. The number of ether oxygens (including phenoxy) is 1.